The molecule has 0 radical (unpaired) electrons. The molecule has 0 aliphatic heterocycles. The van der Waals surface area contributed by atoms with Crippen molar-refractivity contribution in [3.63, 3.8) is 0 Å². The number of nitrogens with zero attached hydrogens (tertiary/aromatic N) is 1. The first-order chi connectivity index (χ1) is 6.20. The minimum absolute atomic E-state index is 0.623. The maximum Gasteiger partial charge on any atom is 0.122 e. The van der Waals surface area contributed by atoms with E-state index in [0.717, 1.165) is 17.9 Å². The molecule has 1 aromatic carbocycles. The van der Waals surface area contributed by atoms with E-state index in [4.69, 9.17) is 10.6 Å². The molecule has 3 heteroatoms. The van der Waals surface area contributed by atoms with Crippen LogP contribution in [0.1, 0.15) is 5.56 Å². The second-order valence-electron chi connectivity index (χ2n) is 3.09. The van der Waals surface area contributed by atoms with Crippen LogP contribution in [0.5, 0.6) is 5.75 Å². The number of nitrogens with two attached hydrogens (primary N) is 1. The summed E-state index contributed by atoms with van der Waals surface area (Å²) in [4.78, 5) is 0. The molecular formula is C10H16N2O. The Morgan fingerprint density at radius 1 is 1.38 bits per heavy atom. The summed E-state index contributed by atoms with van der Waals surface area (Å²) >= 11 is 0. The fourth-order valence-electron chi connectivity index (χ4n) is 1.02. The van der Waals surface area contributed by atoms with Crippen LogP contribution in [0, 0.1) is 6.92 Å². The number of hydrazine groups is 1. The zero-order chi connectivity index (χ0) is 9.68. The van der Waals surface area contributed by atoms with Gasteiger partial charge in [-0.15, -0.1) is 0 Å². The van der Waals surface area contributed by atoms with Crippen molar-refractivity contribution >= 4 is 0 Å². The second kappa shape index (κ2) is 4.84. The molecule has 0 fully saturated rings. The fourth-order valence-corrected chi connectivity index (χ4v) is 1.02. The first-order valence-corrected chi connectivity index (χ1v) is 4.34. The van der Waals surface area contributed by atoms with Crippen LogP contribution in [-0.4, -0.2) is 25.2 Å². The first-order valence-electron chi connectivity index (χ1n) is 4.34. The topological polar surface area (TPSA) is 38.5 Å². The summed E-state index contributed by atoms with van der Waals surface area (Å²) in [5.74, 6) is 6.38. The monoisotopic (exact) mass is 180 g/mol. The number of rotatable bonds is 4. The van der Waals surface area contributed by atoms with Gasteiger partial charge in [-0.3, -0.25) is 5.84 Å². The quantitative estimate of drug-likeness (QED) is 0.558. The van der Waals surface area contributed by atoms with E-state index >= 15 is 0 Å². The van der Waals surface area contributed by atoms with Crippen LogP contribution < -0.4 is 10.6 Å². The molecule has 72 valence electrons. The summed E-state index contributed by atoms with van der Waals surface area (Å²) in [5, 5.41) is 1.61. The van der Waals surface area contributed by atoms with E-state index in [0.29, 0.717) is 6.61 Å². The van der Waals surface area contributed by atoms with Gasteiger partial charge in [-0.05, 0) is 18.6 Å². The maximum absolute atomic E-state index is 5.53. The molecule has 1 aromatic rings. The van der Waals surface area contributed by atoms with Gasteiger partial charge in [0.2, 0.25) is 0 Å². The lowest BCUT2D eigenvalue weighted by atomic mass is 10.2. The van der Waals surface area contributed by atoms with Gasteiger partial charge in [0.15, 0.2) is 0 Å². The van der Waals surface area contributed by atoms with Crippen molar-refractivity contribution in [1.82, 2.24) is 5.01 Å². The minimum atomic E-state index is 0.623. The van der Waals surface area contributed by atoms with E-state index in [9.17, 15) is 0 Å². The number of hydrogen-bond acceptors (Lipinski definition) is 3. The largest absolute Gasteiger partial charge is 0.492 e. The summed E-state index contributed by atoms with van der Waals surface area (Å²) in [5.41, 5.74) is 1.15. The van der Waals surface area contributed by atoms with Crippen molar-refractivity contribution in [2.45, 2.75) is 6.92 Å². The Kier molecular flexibility index (Phi) is 3.73. The number of para-hydroxylation sites is 1. The average molecular weight is 180 g/mol. The molecule has 0 aromatic heterocycles. The van der Waals surface area contributed by atoms with Crippen molar-refractivity contribution < 1.29 is 4.74 Å². The van der Waals surface area contributed by atoms with Gasteiger partial charge in [0.25, 0.3) is 0 Å². The Hall–Kier alpha value is -1.06. The van der Waals surface area contributed by atoms with Gasteiger partial charge in [0.1, 0.15) is 12.4 Å². The highest BCUT2D eigenvalue weighted by molar-refractivity contribution is 5.31. The third kappa shape index (κ3) is 3.44. The Bertz CT molecular complexity index is 261. The number of benzene rings is 1. The van der Waals surface area contributed by atoms with Gasteiger partial charge >= 0.3 is 0 Å². The smallest absolute Gasteiger partial charge is 0.122 e. The Morgan fingerprint density at radius 3 is 2.69 bits per heavy atom. The van der Waals surface area contributed by atoms with E-state index in [1.54, 1.807) is 5.01 Å². The Labute approximate surface area is 79.1 Å². The van der Waals surface area contributed by atoms with Crippen LogP contribution in [0.25, 0.3) is 0 Å². The summed E-state index contributed by atoms with van der Waals surface area (Å²) in [6, 6.07) is 7.96. The molecule has 1 rings (SSSR count). The zero-order valence-electron chi connectivity index (χ0n) is 8.16. The minimum Gasteiger partial charge on any atom is -0.492 e. The molecule has 0 heterocycles. The van der Waals surface area contributed by atoms with Gasteiger partial charge < -0.3 is 4.74 Å². The molecule has 0 unspecified atom stereocenters. The molecule has 0 saturated heterocycles. The number of likely N-dealkylation sites (N-methyl/N-ethyl adjacent to an activating group) is 1. The molecular weight excluding hydrogens is 164 g/mol. The zero-order valence-corrected chi connectivity index (χ0v) is 8.16. The molecule has 0 amide bonds. The highest BCUT2D eigenvalue weighted by Gasteiger charge is 1.97. The molecule has 13 heavy (non-hydrogen) atoms. The van der Waals surface area contributed by atoms with Crippen LogP contribution in [0.3, 0.4) is 0 Å². The van der Waals surface area contributed by atoms with Crippen LogP contribution in [0.15, 0.2) is 24.3 Å². The van der Waals surface area contributed by atoms with Gasteiger partial charge in [0, 0.05) is 13.6 Å². The molecule has 0 atom stereocenters. The number of ether oxygens (including phenoxy) is 1. The predicted octanol–water partition coefficient (Wildman–Crippen LogP) is 1.18. The molecule has 0 aliphatic carbocycles. The molecule has 2 N–H and O–H groups in total. The van der Waals surface area contributed by atoms with Crippen molar-refractivity contribution in [2.75, 3.05) is 20.2 Å². The fraction of sp³-hybridized carbons (Fsp3) is 0.400. The normalized spacial score (nSPS) is 10.5. The number of hydrogen-bond donors (Lipinski definition) is 1. The van der Waals surface area contributed by atoms with Crippen molar-refractivity contribution in [3.8, 4) is 5.75 Å². The number of aryl methyl sites for hydroxylation is 1. The third-order valence-electron chi connectivity index (χ3n) is 1.80. The highest BCUT2D eigenvalue weighted by Crippen LogP contribution is 2.15. The molecule has 0 bridgehead atoms. The Balaban J connectivity index is 2.41. The van der Waals surface area contributed by atoms with Crippen LogP contribution in [0.2, 0.25) is 0 Å². The van der Waals surface area contributed by atoms with Crippen LogP contribution >= 0.6 is 0 Å². The first kappa shape index (κ1) is 10.0. The van der Waals surface area contributed by atoms with Gasteiger partial charge in [-0.1, -0.05) is 18.2 Å². The Morgan fingerprint density at radius 2 is 2.08 bits per heavy atom. The summed E-state index contributed by atoms with van der Waals surface area (Å²) in [6.45, 7) is 3.38. The highest BCUT2D eigenvalue weighted by atomic mass is 16.5. The maximum atomic E-state index is 5.53. The lowest BCUT2D eigenvalue weighted by Gasteiger charge is -2.11. The lowest BCUT2D eigenvalue weighted by molar-refractivity contribution is 0.240. The van der Waals surface area contributed by atoms with Crippen LogP contribution in [0.4, 0.5) is 0 Å². The molecule has 0 saturated carbocycles. The van der Waals surface area contributed by atoms with Crippen LogP contribution in [-0.2, 0) is 0 Å². The van der Waals surface area contributed by atoms with Gasteiger partial charge in [-0.25, -0.2) is 5.01 Å². The standard InChI is InChI=1S/C10H16N2O/c1-9-5-3-4-6-10(9)13-8-7-12(2)11/h3-6H,7-8,11H2,1-2H3. The van der Waals surface area contributed by atoms with Crippen molar-refractivity contribution in [1.29, 1.82) is 0 Å². The van der Waals surface area contributed by atoms with E-state index in [1.807, 2.05) is 38.2 Å². The van der Waals surface area contributed by atoms with E-state index < -0.39 is 0 Å². The van der Waals surface area contributed by atoms with Gasteiger partial charge in [-0.2, -0.15) is 0 Å². The van der Waals surface area contributed by atoms with Gasteiger partial charge in [0.05, 0.1) is 0 Å². The third-order valence-corrected chi connectivity index (χ3v) is 1.80. The SMILES string of the molecule is Cc1ccccc1OCCN(C)N. The summed E-state index contributed by atoms with van der Waals surface area (Å²) < 4.78 is 5.53. The van der Waals surface area contributed by atoms with Crippen molar-refractivity contribution in [2.24, 2.45) is 5.84 Å². The second-order valence-corrected chi connectivity index (χ2v) is 3.09. The van der Waals surface area contributed by atoms with Crippen molar-refractivity contribution in [3.05, 3.63) is 29.8 Å². The lowest BCUT2D eigenvalue weighted by Crippen LogP contribution is -2.30. The van der Waals surface area contributed by atoms with E-state index in [-0.39, 0.29) is 0 Å². The molecule has 0 aliphatic rings. The molecule has 0 spiro atoms. The van der Waals surface area contributed by atoms with E-state index in [2.05, 4.69) is 0 Å². The van der Waals surface area contributed by atoms with E-state index in [1.165, 1.54) is 0 Å². The predicted molar refractivity (Wildman–Crippen MR) is 53.5 cm³/mol. The average Bonchev–Trinajstić information content (AvgIpc) is 2.08. The summed E-state index contributed by atoms with van der Waals surface area (Å²) in [7, 11) is 1.82. The summed E-state index contributed by atoms with van der Waals surface area (Å²) in [6.07, 6.45) is 0. The molecule has 3 nitrogen and oxygen atoms in total.